The molecule has 3 nitrogen and oxygen atoms in total. The van der Waals surface area contributed by atoms with Crippen molar-refractivity contribution < 1.29 is 4.74 Å². The molecule has 0 unspecified atom stereocenters. The first-order valence-corrected chi connectivity index (χ1v) is 10.9. The number of hydrogen-bond acceptors (Lipinski definition) is 3. The van der Waals surface area contributed by atoms with E-state index in [-0.39, 0.29) is 0 Å². The Morgan fingerprint density at radius 2 is 1.30 bits per heavy atom. The summed E-state index contributed by atoms with van der Waals surface area (Å²) < 4.78 is 5.83. The Hall–Kier alpha value is -1.90. The maximum Gasteiger partial charge on any atom is 0.159 e. The molecule has 0 aliphatic rings. The second-order valence-electron chi connectivity index (χ2n) is 7.37. The molecule has 1 aromatic heterocycles. The average molecular weight is 369 g/mol. The first-order valence-electron chi connectivity index (χ1n) is 10.9. The lowest BCUT2D eigenvalue weighted by Gasteiger charge is -2.07. The van der Waals surface area contributed by atoms with E-state index in [9.17, 15) is 0 Å². The van der Waals surface area contributed by atoms with Gasteiger partial charge in [0.05, 0.1) is 6.61 Å². The van der Waals surface area contributed by atoms with Crippen molar-refractivity contribution in [3.05, 3.63) is 42.2 Å². The number of benzene rings is 1. The van der Waals surface area contributed by atoms with Crippen LogP contribution in [0.2, 0.25) is 0 Å². The first kappa shape index (κ1) is 21.4. The molecule has 0 aliphatic carbocycles. The number of nitrogens with zero attached hydrogens (tertiary/aromatic N) is 2. The molecule has 27 heavy (non-hydrogen) atoms. The molecule has 3 heteroatoms. The highest BCUT2D eigenvalue weighted by Gasteiger charge is 2.03. The van der Waals surface area contributed by atoms with Crippen LogP contribution in [-0.2, 0) is 6.42 Å². The van der Waals surface area contributed by atoms with Gasteiger partial charge in [0.15, 0.2) is 5.82 Å². The fraction of sp³-hybridized carbons (Fsp3) is 0.583. The number of rotatable bonds is 14. The Morgan fingerprint density at radius 3 is 1.93 bits per heavy atom. The lowest BCUT2D eigenvalue weighted by molar-refractivity contribution is 0.304. The fourth-order valence-electron chi connectivity index (χ4n) is 3.16. The van der Waals surface area contributed by atoms with Crippen molar-refractivity contribution in [2.24, 2.45) is 0 Å². The van der Waals surface area contributed by atoms with Crippen LogP contribution in [0.25, 0.3) is 11.4 Å². The van der Waals surface area contributed by atoms with Gasteiger partial charge in [-0.1, -0.05) is 65.2 Å². The van der Waals surface area contributed by atoms with Crippen LogP contribution in [0.15, 0.2) is 36.7 Å². The second kappa shape index (κ2) is 13.3. The van der Waals surface area contributed by atoms with Crippen LogP contribution in [-0.4, -0.2) is 16.6 Å². The molecule has 0 spiro atoms. The van der Waals surface area contributed by atoms with Crippen molar-refractivity contribution in [1.82, 2.24) is 9.97 Å². The topological polar surface area (TPSA) is 35.0 Å². The Kier molecular flexibility index (Phi) is 10.5. The van der Waals surface area contributed by atoms with Crippen molar-refractivity contribution >= 4 is 0 Å². The summed E-state index contributed by atoms with van der Waals surface area (Å²) in [7, 11) is 0. The van der Waals surface area contributed by atoms with E-state index >= 15 is 0 Å². The standard InChI is InChI=1S/C24H36N2O/c1-3-5-7-9-11-13-21-19-25-24(26-20-21)22-14-16-23(17-15-22)27-18-12-10-8-6-4-2/h14-17,19-20H,3-13,18H2,1-2H3. The zero-order valence-electron chi connectivity index (χ0n) is 17.3. The minimum absolute atomic E-state index is 0.788. The molecular weight excluding hydrogens is 332 g/mol. The van der Waals surface area contributed by atoms with Gasteiger partial charge >= 0.3 is 0 Å². The summed E-state index contributed by atoms with van der Waals surface area (Å²) in [4.78, 5) is 9.09. The SMILES string of the molecule is CCCCCCCOc1ccc(-c2ncc(CCCCCCC)cn2)cc1. The summed E-state index contributed by atoms with van der Waals surface area (Å²) in [6.45, 7) is 5.29. The molecule has 1 aromatic carbocycles. The normalized spacial score (nSPS) is 10.9. The van der Waals surface area contributed by atoms with Gasteiger partial charge in [-0.3, -0.25) is 0 Å². The molecule has 0 bridgehead atoms. The van der Waals surface area contributed by atoms with Gasteiger partial charge in [0.1, 0.15) is 5.75 Å². The van der Waals surface area contributed by atoms with E-state index in [0.717, 1.165) is 36.6 Å². The molecule has 2 aromatic rings. The third-order valence-corrected chi connectivity index (χ3v) is 4.90. The first-order chi connectivity index (χ1) is 13.3. The molecule has 0 atom stereocenters. The van der Waals surface area contributed by atoms with Crippen LogP contribution in [0.4, 0.5) is 0 Å². The highest BCUT2D eigenvalue weighted by Crippen LogP contribution is 2.20. The lowest BCUT2D eigenvalue weighted by atomic mass is 10.1. The minimum Gasteiger partial charge on any atom is -0.494 e. The molecule has 0 N–H and O–H groups in total. The Balaban J connectivity index is 1.74. The third-order valence-electron chi connectivity index (χ3n) is 4.90. The van der Waals surface area contributed by atoms with Crippen LogP contribution in [0.1, 0.15) is 83.6 Å². The summed E-state index contributed by atoms with van der Waals surface area (Å²) >= 11 is 0. The fourth-order valence-corrected chi connectivity index (χ4v) is 3.16. The van der Waals surface area contributed by atoms with Gasteiger partial charge in [0.2, 0.25) is 0 Å². The van der Waals surface area contributed by atoms with Gasteiger partial charge in [-0.25, -0.2) is 9.97 Å². The number of aromatic nitrogens is 2. The van der Waals surface area contributed by atoms with Crippen molar-refractivity contribution in [2.45, 2.75) is 84.5 Å². The van der Waals surface area contributed by atoms with E-state index < -0.39 is 0 Å². The molecular formula is C24H36N2O. The van der Waals surface area contributed by atoms with E-state index in [1.807, 2.05) is 36.7 Å². The quantitative estimate of drug-likeness (QED) is 0.336. The van der Waals surface area contributed by atoms with E-state index in [1.165, 1.54) is 63.4 Å². The Bertz CT molecular complexity index is 607. The summed E-state index contributed by atoms with van der Waals surface area (Å²) in [5.74, 6) is 1.72. The lowest BCUT2D eigenvalue weighted by Crippen LogP contribution is -1.97. The van der Waals surface area contributed by atoms with Crippen LogP contribution in [0.5, 0.6) is 5.75 Å². The highest BCUT2D eigenvalue weighted by atomic mass is 16.5. The number of ether oxygens (including phenoxy) is 1. The molecule has 0 radical (unpaired) electrons. The van der Waals surface area contributed by atoms with E-state index in [0.29, 0.717) is 0 Å². The summed E-state index contributed by atoms with van der Waals surface area (Å²) in [6, 6.07) is 8.14. The number of unbranched alkanes of at least 4 members (excludes halogenated alkanes) is 8. The zero-order valence-corrected chi connectivity index (χ0v) is 17.3. The summed E-state index contributed by atoms with van der Waals surface area (Å²) in [6.07, 6.45) is 17.8. The predicted molar refractivity (Wildman–Crippen MR) is 114 cm³/mol. The zero-order chi connectivity index (χ0) is 19.2. The molecule has 148 valence electrons. The van der Waals surface area contributed by atoms with Crippen molar-refractivity contribution in [2.75, 3.05) is 6.61 Å². The van der Waals surface area contributed by atoms with E-state index in [1.54, 1.807) is 0 Å². The smallest absolute Gasteiger partial charge is 0.159 e. The van der Waals surface area contributed by atoms with Crippen molar-refractivity contribution in [3.63, 3.8) is 0 Å². The average Bonchev–Trinajstić information content (AvgIpc) is 2.71. The van der Waals surface area contributed by atoms with Gasteiger partial charge in [-0.15, -0.1) is 0 Å². The number of hydrogen-bond donors (Lipinski definition) is 0. The molecule has 0 amide bonds. The molecule has 1 heterocycles. The predicted octanol–water partition coefficient (Wildman–Crippen LogP) is 7.01. The molecule has 0 saturated carbocycles. The number of aryl methyl sites for hydroxylation is 1. The third kappa shape index (κ3) is 8.55. The Labute approximate surface area is 165 Å². The summed E-state index contributed by atoms with van der Waals surface area (Å²) in [5.41, 5.74) is 2.28. The summed E-state index contributed by atoms with van der Waals surface area (Å²) in [5, 5.41) is 0. The Morgan fingerprint density at radius 1 is 0.704 bits per heavy atom. The van der Waals surface area contributed by atoms with Gasteiger partial charge in [0.25, 0.3) is 0 Å². The van der Waals surface area contributed by atoms with E-state index in [4.69, 9.17) is 4.74 Å². The molecule has 2 rings (SSSR count). The maximum absolute atomic E-state index is 5.83. The molecule has 0 aliphatic heterocycles. The van der Waals surface area contributed by atoms with Crippen molar-refractivity contribution in [1.29, 1.82) is 0 Å². The van der Waals surface area contributed by atoms with Crippen LogP contribution in [0, 0.1) is 0 Å². The van der Waals surface area contributed by atoms with Crippen LogP contribution < -0.4 is 4.74 Å². The van der Waals surface area contributed by atoms with Crippen LogP contribution in [0.3, 0.4) is 0 Å². The monoisotopic (exact) mass is 368 g/mol. The molecule has 0 saturated heterocycles. The van der Waals surface area contributed by atoms with Gasteiger partial charge in [0, 0.05) is 18.0 Å². The molecule has 0 fully saturated rings. The van der Waals surface area contributed by atoms with Gasteiger partial charge < -0.3 is 4.74 Å². The largest absolute Gasteiger partial charge is 0.494 e. The van der Waals surface area contributed by atoms with E-state index in [2.05, 4.69) is 23.8 Å². The minimum atomic E-state index is 0.788. The van der Waals surface area contributed by atoms with Crippen molar-refractivity contribution in [3.8, 4) is 17.1 Å². The highest BCUT2D eigenvalue weighted by molar-refractivity contribution is 5.55. The van der Waals surface area contributed by atoms with Gasteiger partial charge in [-0.2, -0.15) is 0 Å². The second-order valence-corrected chi connectivity index (χ2v) is 7.37. The maximum atomic E-state index is 5.83. The van der Waals surface area contributed by atoms with Gasteiger partial charge in [-0.05, 0) is 49.1 Å². The van der Waals surface area contributed by atoms with Crippen LogP contribution >= 0.6 is 0 Å².